The van der Waals surface area contributed by atoms with Gasteiger partial charge in [-0.2, -0.15) is 0 Å². The van der Waals surface area contributed by atoms with Crippen LogP contribution in [-0.2, 0) is 20.9 Å². The number of methoxy groups -OCH3 is 1. The Labute approximate surface area is 124 Å². The van der Waals surface area contributed by atoms with Gasteiger partial charge in [-0.25, -0.2) is 4.79 Å². The molecule has 0 spiro atoms. The average molecular weight is 291 g/mol. The van der Waals surface area contributed by atoms with Gasteiger partial charge in [0.1, 0.15) is 5.60 Å². The minimum Gasteiger partial charge on any atom is -0.478 e. The summed E-state index contributed by atoms with van der Waals surface area (Å²) < 4.78 is 5.23. The van der Waals surface area contributed by atoms with Crippen molar-refractivity contribution in [2.75, 3.05) is 7.11 Å². The first-order chi connectivity index (χ1) is 9.91. The Morgan fingerprint density at radius 2 is 1.95 bits per heavy atom. The van der Waals surface area contributed by atoms with E-state index in [0.29, 0.717) is 13.0 Å². The minimum absolute atomic E-state index is 0.151. The van der Waals surface area contributed by atoms with Crippen molar-refractivity contribution >= 4 is 18.0 Å². The Morgan fingerprint density at radius 3 is 2.43 bits per heavy atom. The number of carbonyl (C=O) groups is 2. The third-order valence-corrected chi connectivity index (χ3v) is 3.46. The van der Waals surface area contributed by atoms with E-state index in [4.69, 9.17) is 9.84 Å². The fourth-order valence-corrected chi connectivity index (χ4v) is 1.68. The summed E-state index contributed by atoms with van der Waals surface area (Å²) in [6.07, 6.45) is 3.19. The number of hydrogen-bond acceptors (Lipinski definition) is 3. The lowest BCUT2D eigenvalue weighted by atomic mass is 10.0. The fraction of sp³-hybridized carbons (Fsp3) is 0.375. The number of amides is 1. The van der Waals surface area contributed by atoms with Crippen LogP contribution in [0.2, 0.25) is 0 Å². The number of rotatable bonds is 7. The molecule has 1 atom stereocenters. The van der Waals surface area contributed by atoms with E-state index < -0.39 is 11.6 Å². The van der Waals surface area contributed by atoms with Crippen molar-refractivity contribution in [2.24, 2.45) is 0 Å². The molecule has 114 valence electrons. The molecule has 1 aromatic rings. The van der Waals surface area contributed by atoms with Gasteiger partial charge < -0.3 is 15.2 Å². The molecule has 0 radical (unpaired) electrons. The van der Waals surface area contributed by atoms with Gasteiger partial charge >= 0.3 is 5.97 Å². The maximum atomic E-state index is 12.0. The maximum Gasteiger partial charge on any atom is 0.328 e. The van der Waals surface area contributed by atoms with Crippen LogP contribution in [-0.4, -0.2) is 29.7 Å². The molecule has 5 heteroatoms. The summed E-state index contributed by atoms with van der Waals surface area (Å²) in [7, 11) is 1.52. The van der Waals surface area contributed by atoms with E-state index in [1.807, 2.05) is 19.1 Å². The summed E-state index contributed by atoms with van der Waals surface area (Å²) in [6.45, 7) is 4.05. The zero-order valence-electron chi connectivity index (χ0n) is 12.6. The second-order valence-corrected chi connectivity index (χ2v) is 4.88. The molecular weight excluding hydrogens is 270 g/mol. The lowest BCUT2D eigenvalue weighted by molar-refractivity contribution is -0.142. The standard InChI is InChI=1S/C16H21NO4/c1-4-16(2,21-3)15(20)17-11-13-7-5-12(6-8-13)9-10-14(18)19/h5-10H,4,11H2,1-3H3,(H,17,20)(H,18,19)/b10-9+. The van der Waals surface area contributed by atoms with Crippen LogP contribution >= 0.6 is 0 Å². The minimum atomic E-state index is -0.982. The van der Waals surface area contributed by atoms with Crippen LogP contribution in [0.3, 0.4) is 0 Å². The number of aliphatic carboxylic acids is 1. The van der Waals surface area contributed by atoms with Gasteiger partial charge in [-0.05, 0) is 30.5 Å². The monoisotopic (exact) mass is 291 g/mol. The van der Waals surface area contributed by atoms with Crippen LogP contribution < -0.4 is 5.32 Å². The zero-order chi connectivity index (χ0) is 15.9. The molecule has 0 aliphatic carbocycles. The van der Waals surface area contributed by atoms with E-state index in [1.54, 1.807) is 19.1 Å². The number of benzene rings is 1. The first kappa shape index (κ1) is 16.9. The van der Waals surface area contributed by atoms with Gasteiger partial charge in [0.25, 0.3) is 5.91 Å². The van der Waals surface area contributed by atoms with E-state index in [-0.39, 0.29) is 5.91 Å². The summed E-state index contributed by atoms with van der Waals surface area (Å²) in [5, 5.41) is 11.4. The van der Waals surface area contributed by atoms with Gasteiger partial charge in [0, 0.05) is 19.7 Å². The number of carboxylic acids is 1. The first-order valence-corrected chi connectivity index (χ1v) is 6.74. The highest BCUT2D eigenvalue weighted by molar-refractivity contribution is 5.85. The van der Waals surface area contributed by atoms with Crippen molar-refractivity contribution in [1.82, 2.24) is 5.32 Å². The Balaban J connectivity index is 2.61. The Hall–Kier alpha value is -2.14. The number of ether oxygens (including phenoxy) is 1. The van der Waals surface area contributed by atoms with Crippen LogP contribution in [0, 0.1) is 0 Å². The van der Waals surface area contributed by atoms with Gasteiger partial charge in [0.2, 0.25) is 0 Å². The summed E-state index contributed by atoms with van der Waals surface area (Å²) in [5.74, 6) is -1.13. The van der Waals surface area contributed by atoms with Crippen molar-refractivity contribution < 1.29 is 19.4 Å². The third-order valence-electron chi connectivity index (χ3n) is 3.46. The zero-order valence-corrected chi connectivity index (χ0v) is 12.6. The largest absolute Gasteiger partial charge is 0.478 e. The molecule has 0 bridgehead atoms. The smallest absolute Gasteiger partial charge is 0.328 e. The molecule has 0 aliphatic rings. The quantitative estimate of drug-likeness (QED) is 0.755. The molecule has 1 aromatic carbocycles. The highest BCUT2D eigenvalue weighted by atomic mass is 16.5. The third kappa shape index (κ3) is 5.04. The lowest BCUT2D eigenvalue weighted by Gasteiger charge is -2.25. The van der Waals surface area contributed by atoms with Crippen LogP contribution in [0.4, 0.5) is 0 Å². The van der Waals surface area contributed by atoms with Gasteiger partial charge in [-0.15, -0.1) is 0 Å². The molecule has 5 nitrogen and oxygen atoms in total. The van der Waals surface area contributed by atoms with Crippen LogP contribution in [0.15, 0.2) is 30.3 Å². The predicted octanol–water partition coefficient (Wildman–Crippen LogP) is 2.22. The molecule has 0 heterocycles. The lowest BCUT2D eigenvalue weighted by Crippen LogP contribution is -2.45. The molecule has 1 amide bonds. The van der Waals surface area contributed by atoms with Crippen molar-refractivity contribution in [3.8, 4) is 0 Å². The van der Waals surface area contributed by atoms with E-state index in [0.717, 1.165) is 17.2 Å². The van der Waals surface area contributed by atoms with Gasteiger partial charge in [0.15, 0.2) is 0 Å². The van der Waals surface area contributed by atoms with Crippen molar-refractivity contribution in [2.45, 2.75) is 32.4 Å². The Bertz CT molecular complexity index is 516. The maximum absolute atomic E-state index is 12.0. The Kier molecular flexibility index (Phi) is 6.11. The molecule has 2 N–H and O–H groups in total. The molecule has 21 heavy (non-hydrogen) atoms. The van der Waals surface area contributed by atoms with E-state index in [1.165, 1.54) is 13.2 Å². The summed E-state index contributed by atoms with van der Waals surface area (Å²) in [4.78, 5) is 22.5. The van der Waals surface area contributed by atoms with E-state index in [9.17, 15) is 9.59 Å². The van der Waals surface area contributed by atoms with Crippen LogP contribution in [0.25, 0.3) is 6.08 Å². The first-order valence-electron chi connectivity index (χ1n) is 6.74. The SMILES string of the molecule is CCC(C)(OC)C(=O)NCc1ccc(/C=C/C(=O)O)cc1. The molecular formula is C16H21NO4. The molecule has 0 saturated heterocycles. The number of hydrogen-bond donors (Lipinski definition) is 2. The second-order valence-electron chi connectivity index (χ2n) is 4.88. The summed E-state index contributed by atoms with van der Waals surface area (Å²) >= 11 is 0. The topological polar surface area (TPSA) is 75.6 Å². The van der Waals surface area contributed by atoms with Crippen LogP contribution in [0.5, 0.6) is 0 Å². The molecule has 1 unspecified atom stereocenters. The van der Waals surface area contributed by atoms with Crippen molar-refractivity contribution in [3.63, 3.8) is 0 Å². The van der Waals surface area contributed by atoms with Gasteiger partial charge in [0.05, 0.1) is 0 Å². The molecule has 1 rings (SSSR count). The fourth-order valence-electron chi connectivity index (χ4n) is 1.68. The van der Waals surface area contributed by atoms with E-state index >= 15 is 0 Å². The predicted molar refractivity (Wildman–Crippen MR) is 80.7 cm³/mol. The van der Waals surface area contributed by atoms with Gasteiger partial charge in [-0.1, -0.05) is 31.2 Å². The highest BCUT2D eigenvalue weighted by Crippen LogP contribution is 2.14. The average Bonchev–Trinajstić information content (AvgIpc) is 2.50. The van der Waals surface area contributed by atoms with E-state index in [2.05, 4.69) is 5.32 Å². The highest BCUT2D eigenvalue weighted by Gasteiger charge is 2.30. The normalized spacial score (nSPS) is 13.9. The van der Waals surface area contributed by atoms with Gasteiger partial charge in [-0.3, -0.25) is 4.79 Å². The Morgan fingerprint density at radius 1 is 1.33 bits per heavy atom. The molecule has 0 aromatic heterocycles. The molecule has 0 aliphatic heterocycles. The molecule has 0 fully saturated rings. The summed E-state index contributed by atoms with van der Waals surface area (Å²) in [6, 6.07) is 7.29. The van der Waals surface area contributed by atoms with Crippen molar-refractivity contribution in [1.29, 1.82) is 0 Å². The second kappa shape index (κ2) is 7.59. The van der Waals surface area contributed by atoms with Crippen LogP contribution in [0.1, 0.15) is 31.4 Å². The molecule has 0 saturated carbocycles. The number of nitrogens with one attached hydrogen (secondary N) is 1. The number of carbonyl (C=O) groups excluding carboxylic acids is 1. The van der Waals surface area contributed by atoms with Crippen molar-refractivity contribution in [3.05, 3.63) is 41.5 Å². The number of carboxylic acid groups (broad SMARTS) is 1. The summed E-state index contributed by atoms with van der Waals surface area (Å²) in [5.41, 5.74) is 0.914.